The molecule has 2 heteroatoms. The van der Waals surface area contributed by atoms with E-state index in [-0.39, 0.29) is 0 Å². The molecule has 2 nitrogen and oxygen atoms in total. The van der Waals surface area contributed by atoms with E-state index >= 15 is 0 Å². The molecule has 0 amide bonds. The van der Waals surface area contributed by atoms with E-state index in [2.05, 4.69) is 20.8 Å². The van der Waals surface area contributed by atoms with Gasteiger partial charge in [-0.15, -0.1) is 0 Å². The molecule has 0 rings (SSSR count). The van der Waals surface area contributed by atoms with Crippen molar-refractivity contribution in [3.05, 3.63) is 0 Å². The fourth-order valence-corrected chi connectivity index (χ4v) is 0.955. The van der Waals surface area contributed by atoms with Crippen molar-refractivity contribution >= 4 is 0 Å². The third kappa shape index (κ3) is 9.84. The zero-order chi connectivity index (χ0) is 9.94. The van der Waals surface area contributed by atoms with Crippen LogP contribution in [0.15, 0.2) is 0 Å². The van der Waals surface area contributed by atoms with Gasteiger partial charge in [0.05, 0.1) is 6.10 Å². The van der Waals surface area contributed by atoms with Crippen molar-refractivity contribution in [3.8, 4) is 0 Å². The minimum absolute atomic E-state index is 0.413. The first-order valence-electron chi connectivity index (χ1n) is 5.50. The smallest absolute Gasteiger partial charge is 0.0544 e. The lowest BCUT2D eigenvalue weighted by Crippen LogP contribution is -2.08. The van der Waals surface area contributed by atoms with Crippen LogP contribution in [0.1, 0.15) is 46.5 Å². The van der Waals surface area contributed by atoms with Crippen LogP contribution >= 0.6 is 0 Å². The van der Waals surface area contributed by atoms with Crippen LogP contribution in [0.5, 0.6) is 0 Å². The summed E-state index contributed by atoms with van der Waals surface area (Å²) in [6.45, 7) is 9.06. The molecule has 0 N–H and O–H groups in total. The monoisotopic (exact) mass is 188 g/mol. The predicted molar refractivity (Wildman–Crippen MR) is 56.0 cm³/mol. The van der Waals surface area contributed by atoms with E-state index < -0.39 is 0 Å². The summed E-state index contributed by atoms with van der Waals surface area (Å²) in [7, 11) is 0. The third-order valence-corrected chi connectivity index (χ3v) is 2.01. The van der Waals surface area contributed by atoms with Crippen molar-refractivity contribution < 1.29 is 9.47 Å². The summed E-state index contributed by atoms with van der Waals surface area (Å²) in [5, 5.41) is 0. The summed E-state index contributed by atoms with van der Waals surface area (Å²) in [6, 6.07) is 0. The van der Waals surface area contributed by atoms with Crippen LogP contribution in [0, 0.1) is 0 Å². The molecule has 0 aliphatic rings. The molecule has 0 aromatic rings. The first-order chi connectivity index (χ1) is 6.31. The summed E-state index contributed by atoms with van der Waals surface area (Å²) < 4.78 is 10.9. The Bertz CT molecular complexity index is 94.1. The normalized spacial score (nSPS) is 13.2. The molecule has 0 aliphatic carbocycles. The third-order valence-electron chi connectivity index (χ3n) is 2.01. The zero-order valence-corrected chi connectivity index (χ0v) is 9.34. The van der Waals surface area contributed by atoms with E-state index in [4.69, 9.17) is 9.47 Å². The molecule has 0 bridgehead atoms. The zero-order valence-electron chi connectivity index (χ0n) is 9.34. The van der Waals surface area contributed by atoms with Gasteiger partial charge in [-0.05, 0) is 32.6 Å². The first kappa shape index (κ1) is 12.9. The van der Waals surface area contributed by atoms with Gasteiger partial charge in [0.25, 0.3) is 0 Å². The van der Waals surface area contributed by atoms with Gasteiger partial charge in [-0.25, -0.2) is 0 Å². The second-order valence-corrected chi connectivity index (χ2v) is 3.41. The Kier molecular flexibility index (Phi) is 9.94. The Hall–Kier alpha value is -0.0800. The summed E-state index contributed by atoms with van der Waals surface area (Å²) >= 11 is 0. The Morgan fingerprint density at radius 3 is 2.31 bits per heavy atom. The molecule has 0 fully saturated rings. The molecular weight excluding hydrogens is 164 g/mol. The van der Waals surface area contributed by atoms with E-state index in [9.17, 15) is 0 Å². The summed E-state index contributed by atoms with van der Waals surface area (Å²) in [5.74, 6) is 0. The predicted octanol–water partition coefficient (Wildman–Crippen LogP) is 3.01. The van der Waals surface area contributed by atoms with Crippen molar-refractivity contribution in [3.63, 3.8) is 0 Å². The largest absolute Gasteiger partial charge is 0.381 e. The second kappa shape index (κ2) is 10.0. The number of rotatable bonds is 9. The SMILES string of the molecule is CCCOCCCCOC(C)CC. The molecule has 1 atom stereocenters. The Morgan fingerprint density at radius 2 is 1.69 bits per heavy atom. The fourth-order valence-electron chi connectivity index (χ4n) is 0.955. The van der Waals surface area contributed by atoms with Crippen LogP contribution in [0.2, 0.25) is 0 Å². The van der Waals surface area contributed by atoms with Crippen LogP contribution in [-0.2, 0) is 9.47 Å². The average Bonchev–Trinajstić information content (AvgIpc) is 2.16. The van der Waals surface area contributed by atoms with Crippen LogP contribution < -0.4 is 0 Å². The van der Waals surface area contributed by atoms with Crippen LogP contribution in [0.3, 0.4) is 0 Å². The summed E-state index contributed by atoms with van der Waals surface area (Å²) in [6.07, 6.45) is 4.87. The maximum Gasteiger partial charge on any atom is 0.0544 e. The first-order valence-corrected chi connectivity index (χ1v) is 5.50. The minimum atomic E-state index is 0.413. The van der Waals surface area contributed by atoms with E-state index in [1.807, 2.05) is 0 Å². The molecule has 1 unspecified atom stereocenters. The lowest BCUT2D eigenvalue weighted by atomic mass is 10.3. The number of unbranched alkanes of at least 4 members (excludes halogenated alkanes) is 1. The molecule has 0 spiro atoms. The van der Waals surface area contributed by atoms with Crippen LogP contribution in [0.4, 0.5) is 0 Å². The van der Waals surface area contributed by atoms with Crippen molar-refractivity contribution in [2.75, 3.05) is 19.8 Å². The molecule has 0 aromatic heterocycles. The highest BCUT2D eigenvalue weighted by Gasteiger charge is 1.96. The Balaban J connectivity index is 2.91. The van der Waals surface area contributed by atoms with Gasteiger partial charge in [0.2, 0.25) is 0 Å². The van der Waals surface area contributed by atoms with Crippen LogP contribution in [-0.4, -0.2) is 25.9 Å². The molecule has 0 radical (unpaired) electrons. The number of hydrogen-bond donors (Lipinski definition) is 0. The molecule has 0 saturated heterocycles. The molecule has 0 heterocycles. The van der Waals surface area contributed by atoms with Gasteiger partial charge < -0.3 is 9.47 Å². The highest BCUT2D eigenvalue weighted by molar-refractivity contribution is 4.45. The fraction of sp³-hybridized carbons (Fsp3) is 1.00. The Morgan fingerprint density at radius 1 is 1.00 bits per heavy atom. The molecule has 0 aromatic carbocycles. The van der Waals surface area contributed by atoms with Gasteiger partial charge in [-0.2, -0.15) is 0 Å². The van der Waals surface area contributed by atoms with Crippen molar-refractivity contribution in [1.82, 2.24) is 0 Å². The second-order valence-electron chi connectivity index (χ2n) is 3.41. The Labute approximate surface area is 82.6 Å². The molecule has 0 aliphatic heterocycles. The lowest BCUT2D eigenvalue weighted by Gasteiger charge is -2.09. The van der Waals surface area contributed by atoms with Crippen molar-refractivity contribution in [1.29, 1.82) is 0 Å². The average molecular weight is 188 g/mol. The van der Waals surface area contributed by atoms with Gasteiger partial charge in [-0.1, -0.05) is 13.8 Å². The van der Waals surface area contributed by atoms with Gasteiger partial charge in [0.1, 0.15) is 0 Å². The van der Waals surface area contributed by atoms with E-state index in [0.29, 0.717) is 6.10 Å². The van der Waals surface area contributed by atoms with Gasteiger partial charge in [0.15, 0.2) is 0 Å². The van der Waals surface area contributed by atoms with Crippen molar-refractivity contribution in [2.24, 2.45) is 0 Å². The quantitative estimate of drug-likeness (QED) is 0.518. The van der Waals surface area contributed by atoms with Gasteiger partial charge >= 0.3 is 0 Å². The number of ether oxygens (including phenoxy) is 2. The highest BCUT2D eigenvalue weighted by atomic mass is 16.5. The maximum absolute atomic E-state index is 5.54. The standard InChI is InChI=1S/C11H24O2/c1-4-8-12-9-6-7-10-13-11(3)5-2/h11H,4-10H2,1-3H3. The van der Waals surface area contributed by atoms with Gasteiger partial charge in [-0.3, -0.25) is 0 Å². The van der Waals surface area contributed by atoms with E-state index in [1.54, 1.807) is 0 Å². The summed E-state index contributed by atoms with van der Waals surface area (Å²) in [5.41, 5.74) is 0. The molecule has 13 heavy (non-hydrogen) atoms. The van der Waals surface area contributed by atoms with Crippen LogP contribution in [0.25, 0.3) is 0 Å². The molecule has 0 saturated carbocycles. The maximum atomic E-state index is 5.54. The topological polar surface area (TPSA) is 18.5 Å². The minimum Gasteiger partial charge on any atom is -0.381 e. The lowest BCUT2D eigenvalue weighted by molar-refractivity contribution is 0.0539. The summed E-state index contributed by atoms with van der Waals surface area (Å²) in [4.78, 5) is 0. The van der Waals surface area contributed by atoms with Gasteiger partial charge in [0, 0.05) is 19.8 Å². The van der Waals surface area contributed by atoms with E-state index in [0.717, 1.165) is 45.5 Å². The van der Waals surface area contributed by atoms with Crippen molar-refractivity contribution in [2.45, 2.75) is 52.6 Å². The number of hydrogen-bond acceptors (Lipinski definition) is 2. The van der Waals surface area contributed by atoms with E-state index in [1.165, 1.54) is 0 Å². The molecule has 80 valence electrons. The molecular formula is C11H24O2. The highest BCUT2D eigenvalue weighted by Crippen LogP contribution is 1.99.